The number of methoxy groups -OCH3 is 1. The molecule has 0 spiro atoms. The SMILES string of the molecule is COc1ccccc1CNc1ncc(C(=O)N2CCN(c3ccccc3F)CC2)c(C)n1. The summed E-state index contributed by atoms with van der Waals surface area (Å²) >= 11 is 0. The molecular weight excluding hydrogens is 409 g/mol. The molecule has 1 aliphatic heterocycles. The maximum Gasteiger partial charge on any atom is 0.257 e. The van der Waals surface area contributed by atoms with Crippen LogP contribution in [0.4, 0.5) is 16.0 Å². The highest BCUT2D eigenvalue weighted by atomic mass is 19.1. The van der Waals surface area contributed by atoms with Crippen LogP contribution in [0.1, 0.15) is 21.6 Å². The summed E-state index contributed by atoms with van der Waals surface area (Å²) in [7, 11) is 1.63. The number of carbonyl (C=O) groups excluding carboxylic acids is 1. The van der Waals surface area contributed by atoms with E-state index in [1.165, 1.54) is 6.07 Å². The number of aromatic nitrogens is 2. The predicted molar refractivity (Wildman–Crippen MR) is 122 cm³/mol. The van der Waals surface area contributed by atoms with Crippen LogP contribution in [0.2, 0.25) is 0 Å². The number of nitrogens with zero attached hydrogens (tertiary/aromatic N) is 4. The highest BCUT2D eigenvalue weighted by Crippen LogP contribution is 2.22. The fourth-order valence-electron chi connectivity index (χ4n) is 3.81. The Kier molecular flexibility index (Phi) is 6.49. The van der Waals surface area contributed by atoms with E-state index in [2.05, 4.69) is 15.3 Å². The number of amides is 1. The first-order valence-electron chi connectivity index (χ1n) is 10.5. The van der Waals surface area contributed by atoms with Crippen LogP contribution >= 0.6 is 0 Å². The number of hydrogen-bond acceptors (Lipinski definition) is 6. The summed E-state index contributed by atoms with van der Waals surface area (Å²) < 4.78 is 19.4. The molecule has 7 nitrogen and oxygen atoms in total. The summed E-state index contributed by atoms with van der Waals surface area (Å²) in [5.74, 6) is 0.895. The summed E-state index contributed by atoms with van der Waals surface area (Å²) in [6, 6.07) is 14.4. The average molecular weight is 436 g/mol. The van der Waals surface area contributed by atoms with Crippen molar-refractivity contribution in [2.75, 3.05) is 43.5 Å². The summed E-state index contributed by atoms with van der Waals surface area (Å²) in [6.45, 7) is 4.49. The van der Waals surface area contributed by atoms with Crippen LogP contribution < -0.4 is 15.0 Å². The Morgan fingerprint density at radius 2 is 1.81 bits per heavy atom. The van der Waals surface area contributed by atoms with Crippen LogP contribution in [0.25, 0.3) is 0 Å². The van der Waals surface area contributed by atoms with Crippen LogP contribution in [0.3, 0.4) is 0 Å². The molecule has 1 amide bonds. The molecule has 0 unspecified atom stereocenters. The Bertz CT molecular complexity index is 1100. The van der Waals surface area contributed by atoms with Gasteiger partial charge in [-0.05, 0) is 25.1 Å². The van der Waals surface area contributed by atoms with E-state index < -0.39 is 0 Å². The molecule has 1 saturated heterocycles. The third-order valence-corrected chi connectivity index (χ3v) is 5.60. The van der Waals surface area contributed by atoms with Crippen molar-refractivity contribution in [3.05, 3.63) is 77.4 Å². The van der Waals surface area contributed by atoms with E-state index in [0.717, 1.165) is 11.3 Å². The number of ether oxygens (including phenoxy) is 1. The molecule has 4 rings (SSSR count). The van der Waals surface area contributed by atoms with Crippen molar-refractivity contribution in [2.45, 2.75) is 13.5 Å². The second kappa shape index (κ2) is 9.64. The smallest absolute Gasteiger partial charge is 0.257 e. The predicted octanol–water partition coefficient (Wildman–Crippen LogP) is 3.51. The number of benzene rings is 2. The van der Waals surface area contributed by atoms with Crippen LogP contribution in [0.15, 0.2) is 54.7 Å². The van der Waals surface area contributed by atoms with E-state index in [9.17, 15) is 9.18 Å². The molecule has 2 heterocycles. The van der Waals surface area contributed by atoms with Gasteiger partial charge in [0.05, 0.1) is 24.1 Å². The average Bonchev–Trinajstić information content (AvgIpc) is 2.83. The Morgan fingerprint density at radius 3 is 2.53 bits per heavy atom. The molecule has 1 aliphatic rings. The summed E-state index contributed by atoms with van der Waals surface area (Å²) in [6.07, 6.45) is 1.57. The maximum atomic E-state index is 14.0. The van der Waals surface area contributed by atoms with Crippen molar-refractivity contribution in [3.8, 4) is 5.75 Å². The van der Waals surface area contributed by atoms with E-state index in [1.807, 2.05) is 35.2 Å². The summed E-state index contributed by atoms with van der Waals surface area (Å²) in [5.41, 5.74) is 2.66. The number of nitrogens with one attached hydrogen (secondary N) is 1. The first kappa shape index (κ1) is 21.5. The largest absolute Gasteiger partial charge is 0.496 e. The maximum absolute atomic E-state index is 14.0. The third-order valence-electron chi connectivity index (χ3n) is 5.60. The van der Waals surface area contributed by atoms with Crippen molar-refractivity contribution in [1.29, 1.82) is 0 Å². The van der Waals surface area contributed by atoms with E-state index in [-0.39, 0.29) is 11.7 Å². The van der Waals surface area contributed by atoms with Gasteiger partial charge in [0.1, 0.15) is 11.6 Å². The first-order valence-corrected chi connectivity index (χ1v) is 10.5. The first-order chi connectivity index (χ1) is 15.6. The molecule has 1 fully saturated rings. The normalized spacial score (nSPS) is 13.7. The van der Waals surface area contributed by atoms with Gasteiger partial charge in [0.15, 0.2) is 0 Å². The lowest BCUT2D eigenvalue weighted by molar-refractivity contribution is 0.0745. The van der Waals surface area contributed by atoms with E-state index >= 15 is 0 Å². The van der Waals surface area contributed by atoms with Gasteiger partial charge in [-0.25, -0.2) is 14.4 Å². The topological polar surface area (TPSA) is 70.6 Å². The number of hydrogen-bond donors (Lipinski definition) is 1. The Morgan fingerprint density at radius 1 is 1.09 bits per heavy atom. The summed E-state index contributed by atoms with van der Waals surface area (Å²) in [5, 5.41) is 3.18. The number of rotatable bonds is 6. The Balaban J connectivity index is 1.38. The van der Waals surface area contributed by atoms with Crippen LogP contribution in [0, 0.1) is 12.7 Å². The molecule has 0 bridgehead atoms. The quantitative estimate of drug-likeness (QED) is 0.639. The zero-order valence-corrected chi connectivity index (χ0v) is 18.2. The number of aryl methyl sites for hydroxylation is 1. The lowest BCUT2D eigenvalue weighted by Gasteiger charge is -2.36. The highest BCUT2D eigenvalue weighted by molar-refractivity contribution is 5.95. The van der Waals surface area contributed by atoms with Crippen molar-refractivity contribution < 1.29 is 13.9 Å². The van der Waals surface area contributed by atoms with E-state index in [0.29, 0.717) is 55.6 Å². The molecule has 0 radical (unpaired) electrons. The zero-order chi connectivity index (χ0) is 22.5. The molecule has 0 atom stereocenters. The molecule has 1 N–H and O–H groups in total. The highest BCUT2D eigenvalue weighted by Gasteiger charge is 2.25. The van der Waals surface area contributed by atoms with Crippen molar-refractivity contribution >= 4 is 17.5 Å². The molecule has 3 aromatic rings. The molecule has 1 aromatic heterocycles. The lowest BCUT2D eigenvalue weighted by Crippen LogP contribution is -2.49. The van der Waals surface area contributed by atoms with Crippen molar-refractivity contribution in [3.63, 3.8) is 0 Å². The standard InChI is InChI=1S/C24H26FN5O2/c1-17-19(16-27-24(28-17)26-15-18-7-3-6-10-22(18)32-2)23(31)30-13-11-29(12-14-30)21-9-5-4-8-20(21)25/h3-10,16H,11-15H2,1-2H3,(H,26,27,28). The van der Waals surface area contributed by atoms with E-state index in [4.69, 9.17) is 4.74 Å². The van der Waals surface area contributed by atoms with Gasteiger partial charge in [0.2, 0.25) is 5.95 Å². The number of piperazine rings is 1. The minimum atomic E-state index is -0.243. The molecule has 0 aliphatic carbocycles. The van der Waals surface area contributed by atoms with E-state index in [1.54, 1.807) is 37.3 Å². The van der Waals surface area contributed by atoms with Crippen molar-refractivity contribution in [2.24, 2.45) is 0 Å². The zero-order valence-electron chi connectivity index (χ0n) is 18.2. The minimum Gasteiger partial charge on any atom is -0.496 e. The molecule has 8 heteroatoms. The fourth-order valence-corrected chi connectivity index (χ4v) is 3.81. The monoisotopic (exact) mass is 435 g/mol. The van der Waals surface area contributed by atoms with Gasteiger partial charge in [0.25, 0.3) is 5.91 Å². The van der Waals surface area contributed by atoms with Gasteiger partial charge < -0.3 is 19.9 Å². The number of anilines is 2. The number of carbonyl (C=O) groups is 1. The number of halogens is 1. The number of para-hydroxylation sites is 2. The van der Waals surface area contributed by atoms with Gasteiger partial charge in [-0.15, -0.1) is 0 Å². The summed E-state index contributed by atoms with van der Waals surface area (Å²) in [4.78, 5) is 25.5. The van der Waals surface area contributed by atoms with Gasteiger partial charge in [-0.2, -0.15) is 0 Å². The van der Waals surface area contributed by atoms with Gasteiger partial charge in [-0.3, -0.25) is 4.79 Å². The second-order valence-corrected chi connectivity index (χ2v) is 7.59. The second-order valence-electron chi connectivity index (χ2n) is 7.59. The van der Waals surface area contributed by atoms with Crippen LogP contribution in [-0.4, -0.2) is 54.1 Å². The van der Waals surface area contributed by atoms with Crippen LogP contribution in [-0.2, 0) is 6.54 Å². The Hall–Kier alpha value is -3.68. The molecule has 0 saturated carbocycles. The van der Waals surface area contributed by atoms with Gasteiger partial charge in [-0.1, -0.05) is 30.3 Å². The minimum absolute atomic E-state index is 0.105. The fraction of sp³-hybridized carbons (Fsp3) is 0.292. The van der Waals surface area contributed by atoms with Gasteiger partial charge >= 0.3 is 0 Å². The van der Waals surface area contributed by atoms with Crippen LogP contribution in [0.5, 0.6) is 5.75 Å². The van der Waals surface area contributed by atoms with Crippen molar-refractivity contribution in [1.82, 2.24) is 14.9 Å². The molecular formula is C24H26FN5O2. The molecule has 32 heavy (non-hydrogen) atoms. The van der Waals surface area contributed by atoms with Gasteiger partial charge in [0, 0.05) is 44.5 Å². The third kappa shape index (κ3) is 4.64. The molecule has 2 aromatic carbocycles. The molecule has 166 valence electrons. The Labute approximate surface area is 186 Å². The lowest BCUT2D eigenvalue weighted by atomic mass is 10.2.